The van der Waals surface area contributed by atoms with E-state index in [-0.39, 0.29) is 23.7 Å². The van der Waals surface area contributed by atoms with E-state index in [1.54, 1.807) is 0 Å². The van der Waals surface area contributed by atoms with Gasteiger partial charge in [0.15, 0.2) is 0 Å². The van der Waals surface area contributed by atoms with Gasteiger partial charge in [-0.05, 0) is 45.3 Å². The van der Waals surface area contributed by atoms with Crippen LogP contribution in [0.25, 0.3) is 0 Å². The van der Waals surface area contributed by atoms with Gasteiger partial charge in [0.05, 0.1) is 11.2 Å². The third kappa shape index (κ3) is 3.45. The number of rotatable bonds is 4. The first-order valence-electron chi connectivity index (χ1n) is 6.99. The first kappa shape index (κ1) is 16.0. The topological polar surface area (TPSA) is 56.8 Å². The maximum atomic E-state index is 11.4. The lowest BCUT2D eigenvalue weighted by Gasteiger charge is -2.32. The zero-order valence-electron chi connectivity index (χ0n) is 13.2. The number of anilines is 1. The summed E-state index contributed by atoms with van der Waals surface area (Å²) in [6.07, 6.45) is 0. The second-order valence-electron chi connectivity index (χ2n) is 6.19. The fraction of sp³-hybridized carbons (Fsp3) is 0.533. The van der Waals surface area contributed by atoms with Gasteiger partial charge in [0.1, 0.15) is 6.61 Å². The Bertz CT molecular complexity index is 497. The van der Waals surface area contributed by atoms with Gasteiger partial charge in [-0.2, -0.15) is 0 Å². The van der Waals surface area contributed by atoms with Gasteiger partial charge >= 0.3 is 7.12 Å². The molecule has 0 spiro atoms. The highest BCUT2D eigenvalue weighted by atomic mass is 16.7. The second kappa shape index (κ2) is 5.79. The lowest BCUT2D eigenvalue weighted by Crippen LogP contribution is -2.41. The van der Waals surface area contributed by atoms with Gasteiger partial charge in [-0.25, -0.2) is 0 Å². The number of methoxy groups -OCH3 is 1. The molecule has 0 atom stereocenters. The number of carbonyl (C=O) groups excluding carboxylic acids is 1. The Balaban J connectivity index is 2.05. The van der Waals surface area contributed by atoms with Crippen LogP contribution in [-0.2, 0) is 18.8 Å². The quantitative estimate of drug-likeness (QED) is 0.856. The van der Waals surface area contributed by atoms with Crippen LogP contribution in [-0.4, -0.2) is 37.9 Å². The number of carbonyl (C=O) groups is 1. The van der Waals surface area contributed by atoms with Crippen LogP contribution >= 0.6 is 0 Å². The third-order valence-corrected chi connectivity index (χ3v) is 4.00. The molecule has 6 heteroatoms. The standard InChI is InChI=1S/C15H22BNO4/c1-14(2)15(3,4)21-16(20-14)11-6-8-12(9-7-11)17-13(18)10-19-5/h6-9H,10H2,1-5H3,(H,17,18). The van der Waals surface area contributed by atoms with Crippen LogP contribution in [0.1, 0.15) is 27.7 Å². The zero-order chi connectivity index (χ0) is 15.7. The summed E-state index contributed by atoms with van der Waals surface area (Å²) in [5.74, 6) is -0.180. The van der Waals surface area contributed by atoms with Crippen molar-refractivity contribution >= 4 is 24.2 Å². The van der Waals surface area contributed by atoms with E-state index in [1.807, 2.05) is 52.0 Å². The van der Waals surface area contributed by atoms with Crippen LogP contribution in [0.15, 0.2) is 24.3 Å². The van der Waals surface area contributed by atoms with Crippen molar-refractivity contribution in [1.29, 1.82) is 0 Å². The minimum Gasteiger partial charge on any atom is -0.399 e. The van der Waals surface area contributed by atoms with Crippen LogP contribution in [0.4, 0.5) is 5.69 Å². The molecule has 5 nitrogen and oxygen atoms in total. The van der Waals surface area contributed by atoms with Gasteiger partial charge in [0.25, 0.3) is 0 Å². The first-order valence-corrected chi connectivity index (χ1v) is 6.99. The number of hydrogen-bond donors (Lipinski definition) is 1. The van der Waals surface area contributed by atoms with Crippen molar-refractivity contribution in [2.75, 3.05) is 19.0 Å². The molecule has 1 aromatic rings. The molecule has 0 unspecified atom stereocenters. The summed E-state index contributed by atoms with van der Waals surface area (Å²) in [6, 6.07) is 7.44. The second-order valence-corrected chi connectivity index (χ2v) is 6.19. The molecule has 1 aliphatic rings. The molecular formula is C15H22BNO4. The molecule has 1 saturated heterocycles. The van der Waals surface area contributed by atoms with Crippen molar-refractivity contribution in [3.05, 3.63) is 24.3 Å². The van der Waals surface area contributed by atoms with Crippen molar-refractivity contribution in [3.63, 3.8) is 0 Å². The zero-order valence-corrected chi connectivity index (χ0v) is 13.2. The molecule has 2 rings (SSSR count). The Kier molecular flexibility index (Phi) is 4.42. The minimum atomic E-state index is -0.390. The van der Waals surface area contributed by atoms with Gasteiger partial charge in [-0.15, -0.1) is 0 Å². The maximum absolute atomic E-state index is 11.4. The lowest BCUT2D eigenvalue weighted by molar-refractivity contribution is -0.119. The number of ether oxygens (including phenoxy) is 1. The van der Waals surface area contributed by atoms with E-state index >= 15 is 0 Å². The third-order valence-electron chi connectivity index (χ3n) is 4.00. The number of hydrogen-bond acceptors (Lipinski definition) is 4. The number of nitrogens with one attached hydrogen (secondary N) is 1. The predicted octanol–water partition coefficient (Wildman–Crippen LogP) is 1.57. The highest BCUT2D eigenvalue weighted by Gasteiger charge is 2.51. The van der Waals surface area contributed by atoms with Crippen molar-refractivity contribution in [2.24, 2.45) is 0 Å². The van der Waals surface area contributed by atoms with E-state index in [4.69, 9.17) is 14.0 Å². The first-order chi connectivity index (χ1) is 9.75. The number of amides is 1. The van der Waals surface area contributed by atoms with Gasteiger partial charge < -0.3 is 19.4 Å². The van der Waals surface area contributed by atoms with E-state index < -0.39 is 7.12 Å². The van der Waals surface area contributed by atoms with E-state index in [0.717, 1.165) is 11.2 Å². The summed E-state index contributed by atoms with van der Waals surface area (Å²) >= 11 is 0. The summed E-state index contributed by atoms with van der Waals surface area (Å²) < 4.78 is 16.7. The predicted molar refractivity (Wildman–Crippen MR) is 82.7 cm³/mol. The monoisotopic (exact) mass is 291 g/mol. The van der Waals surface area contributed by atoms with Gasteiger partial charge in [-0.3, -0.25) is 4.79 Å². The van der Waals surface area contributed by atoms with Crippen molar-refractivity contribution in [3.8, 4) is 0 Å². The fourth-order valence-corrected chi connectivity index (χ4v) is 2.03. The van der Waals surface area contributed by atoms with E-state index in [0.29, 0.717) is 0 Å². The van der Waals surface area contributed by atoms with Crippen LogP contribution in [0, 0.1) is 0 Å². The molecule has 114 valence electrons. The van der Waals surface area contributed by atoms with Crippen LogP contribution < -0.4 is 10.8 Å². The Morgan fingerprint density at radius 1 is 1.14 bits per heavy atom. The summed E-state index contributed by atoms with van der Waals surface area (Å²) in [5, 5.41) is 2.75. The Labute approximate surface area is 126 Å². The normalized spacial score (nSPS) is 19.6. The molecule has 0 radical (unpaired) electrons. The summed E-state index contributed by atoms with van der Waals surface area (Å²) in [5.41, 5.74) is 0.933. The molecule has 1 N–H and O–H groups in total. The fourth-order valence-electron chi connectivity index (χ4n) is 2.03. The molecule has 0 aliphatic carbocycles. The van der Waals surface area contributed by atoms with Crippen molar-refractivity contribution < 1.29 is 18.8 Å². The molecular weight excluding hydrogens is 269 g/mol. The smallest absolute Gasteiger partial charge is 0.399 e. The van der Waals surface area contributed by atoms with Crippen LogP contribution in [0.2, 0.25) is 0 Å². The Morgan fingerprint density at radius 2 is 1.67 bits per heavy atom. The van der Waals surface area contributed by atoms with E-state index in [9.17, 15) is 4.79 Å². The maximum Gasteiger partial charge on any atom is 0.494 e. The molecule has 21 heavy (non-hydrogen) atoms. The summed E-state index contributed by atoms with van der Waals surface area (Å²) in [6.45, 7) is 8.12. The molecule has 1 amide bonds. The van der Waals surface area contributed by atoms with Crippen molar-refractivity contribution in [1.82, 2.24) is 0 Å². The van der Waals surface area contributed by atoms with Gasteiger partial charge in [0.2, 0.25) is 5.91 Å². The average Bonchev–Trinajstić information content (AvgIpc) is 2.59. The molecule has 1 fully saturated rings. The number of benzene rings is 1. The molecule has 1 heterocycles. The van der Waals surface area contributed by atoms with Crippen LogP contribution in [0.5, 0.6) is 0 Å². The van der Waals surface area contributed by atoms with Gasteiger partial charge in [0, 0.05) is 12.8 Å². The van der Waals surface area contributed by atoms with E-state index in [2.05, 4.69) is 5.32 Å². The molecule has 1 aromatic carbocycles. The lowest BCUT2D eigenvalue weighted by atomic mass is 9.79. The minimum absolute atomic E-state index is 0.0407. The molecule has 0 aromatic heterocycles. The average molecular weight is 291 g/mol. The van der Waals surface area contributed by atoms with Crippen molar-refractivity contribution in [2.45, 2.75) is 38.9 Å². The summed E-state index contributed by atoms with van der Waals surface area (Å²) in [4.78, 5) is 11.4. The molecule has 1 aliphatic heterocycles. The molecule has 0 bridgehead atoms. The van der Waals surface area contributed by atoms with Crippen LogP contribution in [0.3, 0.4) is 0 Å². The Morgan fingerprint density at radius 3 is 2.14 bits per heavy atom. The Hall–Kier alpha value is -1.37. The highest BCUT2D eigenvalue weighted by molar-refractivity contribution is 6.62. The summed E-state index contributed by atoms with van der Waals surface area (Å²) in [7, 11) is 1.10. The highest BCUT2D eigenvalue weighted by Crippen LogP contribution is 2.36. The van der Waals surface area contributed by atoms with Gasteiger partial charge in [-0.1, -0.05) is 12.1 Å². The van der Waals surface area contributed by atoms with E-state index in [1.165, 1.54) is 7.11 Å². The molecule has 0 saturated carbocycles. The largest absolute Gasteiger partial charge is 0.494 e. The SMILES string of the molecule is COCC(=O)Nc1ccc(B2OC(C)(C)C(C)(C)O2)cc1.